The van der Waals surface area contributed by atoms with Gasteiger partial charge in [-0.15, -0.1) is 0 Å². The van der Waals surface area contributed by atoms with Gasteiger partial charge < -0.3 is 28.4 Å². The van der Waals surface area contributed by atoms with E-state index in [9.17, 15) is 4.79 Å². The lowest BCUT2D eigenvalue weighted by Gasteiger charge is -2.19. The van der Waals surface area contributed by atoms with Crippen molar-refractivity contribution in [2.75, 3.05) is 59.5 Å². The molecule has 0 aromatic heterocycles. The Balaban J connectivity index is 1.97. The second-order valence-electron chi connectivity index (χ2n) is 5.42. The number of para-hydroxylation sites is 2. The molecule has 0 radical (unpaired) electrons. The summed E-state index contributed by atoms with van der Waals surface area (Å²) in [5.74, 6) is 0.965. The van der Waals surface area contributed by atoms with Crippen molar-refractivity contribution in [1.29, 1.82) is 0 Å². The van der Waals surface area contributed by atoms with E-state index >= 15 is 0 Å². The molecule has 25 heavy (non-hydrogen) atoms. The molecule has 1 aliphatic heterocycles. The molecule has 0 saturated heterocycles. The highest BCUT2D eigenvalue weighted by Crippen LogP contribution is 2.27. The van der Waals surface area contributed by atoms with Crippen molar-refractivity contribution in [2.45, 2.75) is 13.0 Å². The molecule has 0 bridgehead atoms. The Morgan fingerprint density at radius 1 is 0.800 bits per heavy atom. The van der Waals surface area contributed by atoms with Crippen LogP contribution in [0.1, 0.15) is 6.92 Å². The lowest BCUT2D eigenvalue weighted by atomic mass is 10.2. The smallest absolute Gasteiger partial charge is 0.180 e. The van der Waals surface area contributed by atoms with Crippen molar-refractivity contribution in [3.05, 3.63) is 24.3 Å². The van der Waals surface area contributed by atoms with Gasteiger partial charge in [0.2, 0.25) is 0 Å². The van der Waals surface area contributed by atoms with Crippen LogP contribution in [0.5, 0.6) is 11.5 Å². The van der Waals surface area contributed by atoms with Gasteiger partial charge in [-0.25, -0.2) is 0 Å². The molecule has 0 amide bonds. The third kappa shape index (κ3) is 7.83. The quantitative estimate of drug-likeness (QED) is 0.756. The van der Waals surface area contributed by atoms with Gasteiger partial charge in [0.1, 0.15) is 6.61 Å². The summed E-state index contributed by atoms with van der Waals surface area (Å²) in [4.78, 5) is 11.8. The SMILES string of the molecule is CC(=O)C1COCCOCCOCCOCCOc2ccccc2O1. The third-order valence-corrected chi connectivity index (χ3v) is 3.44. The van der Waals surface area contributed by atoms with Crippen LogP contribution in [0.25, 0.3) is 0 Å². The van der Waals surface area contributed by atoms with Crippen molar-refractivity contribution in [2.24, 2.45) is 0 Å². The van der Waals surface area contributed by atoms with Gasteiger partial charge >= 0.3 is 0 Å². The Bertz CT molecular complexity index is 506. The van der Waals surface area contributed by atoms with E-state index in [1.54, 1.807) is 12.1 Å². The molecule has 7 heteroatoms. The highest BCUT2D eigenvalue weighted by Gasteiger charge is 2.18. The second-order valence-corrected chi connectivity index (χ2v) is 5.42. The van der Waals surface area contributed by atoms with Crippen molar-refractivity contribution in [3.8, 4) is 11.5 Å². The molecule has 1 atom stereocenters. The molecule has 0 spiro atoms. The van der Waals surface area contributed by atoms with Crippen LogP contribution in [0.2, 0.25) is 0 Å². The number of ketones is 1. The summed E-state index contributed by atoms with van der Waals surface area (Å²) in [6.45, 7) is 5.28. The zero-order chi connectivity index (χ0) is 17.7. The van der Waals surface area contributed by atoms with Crippen LogP contribution in [-0.2, 0) is 23.7 Å². The van der Waals surface area contributed by atoms with Crippen LogP contribution in [-0.4, -0.2) is 71.3 Å². The minimum atomic E-state index is -0.691. The number of carbonyl (C=O) groups is 1. The lowest BCUT2D eigenvalue weighted by molar-refractivity contribution is -0.126. The van der Waals surface area contributed by atoms with Crippen LogP contribution in [0.15, 0.2) is 24.3 Å². The first-order chi connectivity index (χ1) is 12.3. The van der Waals surface area contributed by atoms with E-state index in [1.807, 2.05) is 12.1 Å². The van der Waals surface area contributed by atoms with E-state index in [0.29, 0.717) is 64.4 Å². The Morgan fingerprint density at radius 3 is 1.92 bits per heavy atom. The minimum Gasteiger partial charge on any atom is -0.487 e. The largest absolute Gasteiger partial charge is 0.487 e. The Hall–Kier alpha value is -1.67. The highest BCUT2D eigenvalue weighted by molar-refractivity contribution is 5.81. The van der Waals surface area contributed by atoms with E-state index in [0.717, 1.165) is 0 Å². The van der Waals surface area contributed by atoms with Gasteiger partial charge in [-0.2, -0.15) is 0 Å². The third-order valence-electron chi connectivity index (χ3n) is 3.44. The van der Waals surface area contributed by atoms with Gasteiger partial charge in [0.05, 0.1) is 52.9 Å². The van der Waals surface area contributed by atoms with Crippen LogP contribution in [0.3, 0.4) is 0 Å². The van der Waals surface area contributed by atoms with E-state index in [1.165, 1.54) is 6.92 Å². The monoisotopic (exact) mass is 354 g/mol. The fourth-order valence-corrected chi connectivity index (χ4v) is 2.12. The van der Waals surface area contributed by atoms with Gasteiger partial charge in [0.15, 0.2) is 23.4 Å². The zero-order valence-corrected chi connectivity index (χ0v) is 14.6. The molecule has 0 aliphatic carbocycles. The molecular weight excluding hydrogens is 328 g/mol. The minimum absolute atomic E-state index is 0.109. The molecule has 0 fully saturated rings. The van der Waals surface area contributed by atoms with Gasteiger partial charge in [-0.3, -0.25) is 4.79 Å². The number of carbonyl (C=O) groups excluding carboxylic acids is 1. The summed E-state index contributed by atoms with van der Waals surface area (Å²) in [5.41, 5.74) is 0. The van der Waals surface area contributed by atoms with Crippen molar-refractivity contribution < 1.29 is 33.2 Å². The summed E-state index contributed by atoms with van der Waals surface area (Å²) in [6.07, 6.45) is -0.691. The van der Waals surface area contributed by atoms with E-state index in [4.69, 9.17) is 28.4 Å². The number of ether oxygens (including phenoxy) is 6. The summed E-state index contributed by atoms with van der Waals surface area (Å²) < 4.78 is 33.2. The molecule has 2 rings (SSSR count). The van der Waals surface area contributed by atoms with Gasteiger partial charge in [-0.1, -0.05) is 12.1 Å². The lowest BCUT2D eigenvalue weighted by Crippen LogP contribution is -2.31. The first kappa shape index (κ1) is 19.7. The predicted molar refractivity (Wildman–Crippen MR) is 90.3 cm³/mol. The maximum absolute atomic E-state index is 11.8. The molecule has 1 aromatic carbocycles. The molecule has 1 aliphatic rings. The number of fused-ring (bicyclic) bond motifs is 1. The molecule has 0 N–H and O–H groups in total. The second kappa shape index (κ2) is 11.8. The Labute approximate surface area is 148 Å². The van der Waals surface area contributed by atoms with E-state index in [-0.39, 0.29) is 12.4 Å². The highest BCUT2D eigenvalue weighted by atomic mass is 16.6. The Morgan fingerprint density at radius 2 is 1.32 bits per heavy atom. The molecule has 1 heterocycles. The van der Waals surface area contributed by atoms with Crippen LogP contribution < -0.4 is 9.47 Å². The fraction of sp³-hybridized carbons (Fsp3) is 0.611. The van der Waals surface area contributed by atoms with Crippen LogP contribution >= 0.6 is 0 Å². The van der Waals surface area contributed by atoms with Crippen molar-refractivity contribution >= 4 is 5.78 Å². The summed E-state index contributed by atoms with van der Waals surface area (Å²) in [7, 11) is 0. The topological polar surface area (TPSA) is 72.5 Å². The average molecular weight is 354 g/mol. The predicted octanol–water partition coefficient (Wildman–Crippen LogP) is 1.48. The summed E-state index contributed by atoms with van der Waals surface area (Å²) in [6, 6.07) is 7.23. The molecule has 1 aromatic rings. The number of hydrogen-bond donors (Lipinski definition) is 0. The maximum atomic E-state index is 11.8. The standard InChI is InChI=1S/C18H26O7/c1-15(19)18-14-23-11-10-21-7-6-20-8-9-22-12-13-24-16-4-2-3-5-17(16)25-18/h2-5,18H,6-14H2,1H3. The molecular formula is C18H26O7. The molecule has 140 valence electrons. The normalized spacial score (nSPS) is 21.7. The Kier molecular flexibility index (Phi) is 9.28. The van der Waals surface area contributed by atoms with E-state index in [2.05, 4.69) is 0 Å². The first-order valence-electron chi connectivity index (χ1n) is 8.47. The average Bonchev–Trinajstić information content (AvgIpc) is 2.61. The van der Waals surface area contributed by atoms with Gasteiger partial charge in [0, 0.05) is 0 Å². The summed E-state index contributed by atoms with van der Waals surface area (Å²) in [5, 5.41) is 0. The number of hydrogen-bond acceptors (Lipinski definition) is 7. The molecule has 1 unspecified atom stereocenters. The fourth-order valence-electron chi connectivity index (χ4n) is 2.12. The van der Waals surface area contributed by atoms with Crippen molar-refractivity contribution in [3.63, 3.8) is 0 Å². The number of rotatable bonds is 1. The number of Topliss-reactive ketones (excluding diaryl/α,β-unsaturated/α-hetero) is 1. The van der Waals surface area contributed by atoms with Gasteiger partial charge in [0.25, 0.3) is 0 Å². The molecule has 0 saturated carbocycles. The van der Waals surface area contributed by atoms with Crippen molar-refractivity contribution in [1.82, 2.24) is 0 Å². The van der Waals surface area contributed by atoms with Crippen LogP contribution in [0, 0.1) is 0 Å². The number of benzene rings is 1. The first-order valence-corrected chi connectivity index (χ1v) is 8.47. The van der Waals surface area contributed by atoms with Gasteiger partial charge in [-0.05, 0) is 19.1 Å². The molecule has 7 nitrogen and oxygen atoms in total. The summed E-state index contributed by atoms with van der Waals surface area (Å²) >= 11 is 0. The zero-order valence-electron chi connectivity index (χ0n) is 14.6. The maximum Gasteiger partial charge on any atom is 0.180 e. The van der Waals surface area contributed by atoms with E-state index < -0.39 is 6.10 Å². The van der Waals surface area contributed by atoms with Crippen LogP contribution in [0.4, 0.5) is 0 Å².